The van der Waals surface area contributed by atoms with Crippen LogP contribution < -0.4 is 5.32 Å². The highest BCUT2D eigenvalue weighted by molar-refractivity contribution is 6.10. The van der Waals surface area contributed by atoms with E-state index in [-0.39, 0.29) is 29.7 Å². The zero-order chi connectivity index (χ0) is 13.3. The number of rotatable bonds is 1. The second kappa shape index (κ2) is 4.48. The van der Waals surface area contributed by atoms with Crippen LogP contribution in [0.25, 0.3) is 0 Å². The summed E-state index contributed by atoms with van der Waals surface area (Å²) in [7, 11) is 1.66. The van der Waals surface area contributed by atoms with Crippen molar-refractivity contribution in [2.75, 3.05) is 13.6 Å². The number of aromatic hydroxyl groups is 1. The Labute approximate surface area is 104 Å². The Kier molecular flexibility index (Phi) is 3.01. The van der Waals surface area contributed by atoms with Crippen LogP contribution in [0.5, 0.6) is 5.75 Å². The van der Waals surface area contributed by atoms with Gasteiger partial charge in [-0.1, -0.05) is 6.07 Å². The summed E-state index contributed by atoms with van der Waals surface area (Å²) >= 11 is 0. The molecular formula is C12H13N3O3. The third kappa shape index (κ3) is 2.32. The van der Waals surface area contributed by atoms with E-state index in [1.807, 2.05) is 0 Å². The third-order valence-electron chi connectivity index (χ3n) is 2.66. The molecule has 6 nitrogen and oxygen atoms in total. The fourth-order valence-corrected chi connectivity index (χ4v) is 1.57. The zero-order valence-electron chi connectivity index (χ0n) is 10.1. The molecule has 0 aliphatic carbocycles. The molecule has 1 aromatic carbocycles. The lowest BCUT2D eigenvalue weighted by Crippen LogP contribution is -2.28. The molecule has 0 aromatic heterocycles. The lowest BCUT2D eigenvalue weighted by Gasteiger charge is -2.07. The first-order chi connectivity index (χ1) is 8.47. The van der Waals surface area contributed by atoms with Crippen LogP contribution in [0.2, 0.25) is 0 Å². The van der Waals surface area contributed by atoms with E-state index in [1.54, 1.807) is 31.0 Å². The number of aliphatic imine (C=N–C) groups is 1. The highest BCUT2D eigenvalue weighted by atomic mass is 16.3. The molecule has 1 heterocycles. The molecule has 0 unspecified atom stereocenters. The van der Waals surface area contributed by atoms with Crippen molar-refractivity contribution in [2.24, 2.45) is 4.99 Å². The molecule has 2 N–H and O–H groups in total. The van der Waals surface area contributed by atoms with Crippen molar-refractivity contribution in [3.8, 4) is 5.75 Å². The normalized spacial score (nSPS) is 17.1. The van der Waals surface area contributed by atoms with Gasteiger partial charge in [0.25, 0.3) is 5.91 Å². The van der Waals surface area contributed by atoms with Gasteiger partial charge in [0.1, 0.15) is 5.75 Å². The average molecular weight is 247 g/mol. The first kappa shape index (κ1) is 12.1. The van der Waals surface area contributed by atoms with Gasteiger partial charge in [0.05, 0.1) is 6.54 Å². The van der Waals surface area contributed by atoms with Crippen LogP contribution in [0.15, 0.2) is 23.2 Å². The van der Waals surface area contributed by atoms with Crippen LogP contribution >= 0.6 is 0 Å². The predicted molar refractivity (Wildman–Crippen MR) is 65.4 cm³/mol. The van der Waals surface area contributed by atoms with E-state index < -0.39 is 5.91 Å². The maximum atomic E-state index is 11.8. The molecule has 2 amide bonds. The highest BCUT2D eigenvalue weighted by Gasteiger charge is 2.22. The Hall–Kier alpha value is -2.37. The number of likely N-dealkylation sites (N-methyl/N-ethyl adjacent to an activating group) is 1. The molecule has 1 aliphatic rings. The monoisotopic (exact) mass is 247 g/mol. The number of phenols is 1. The standard InChI is InChI=1S/C12H13N3O3/c1-7-3-4-8(5-9(7)16)11(18)14-12-13-10(17)6-15(12)2/h3-5,16H,6H2,1-2H3,(H,13,14,17,18). The van der Waals surface area contributed by atoms with Gasteiger partial charge in [0.15, 0.2) is 0 Å². The summed E-state index contributed by atoms with van der Waals surface area (Å²) in [4.78, 5) is 28.3. The summed E-state index contributed by atoms with van der Waals surface area (Å²) in [5.74, 6) is -0.430. The smallest absolute Gasteiger partial charge is 0.280 e. The lowest BCUT2D eigenvalue weighted by atomic mass is 10.1. The molecule has 0 saturated carbocycles. The molecule has 1 saturated heterocycles. The second-order valence-corrected chi connectivity index (χ2v) is 4.15. The molecule has 94 valence electrons. The summed E-state index contributed by atoms with van der Waals surface area (Å²) in [6.45, 7) is 1.92. The number of amides is 2. The van der Waals surface area contributed by atoms with Crippen molar-refractivity contribution in [1.82, 2.24) is 10.2 Å². The zero-order valence-corrected chi connectivity index (χ0v) is 10.1. The van der Waals surface area contributed by atoms with Crippen LogP contribution in [0.3, 0.4) is 0 Å². The topological polar surface area (TPSA) is 82.0 Å². The van der Waals surface area contributed by atoms with Gasteiger partial charge in [-0.15, -0.1) is 0 Å². The summed E-state index contributed by atoms with van der Waals surface area (Å²) in [6.07, 6.45) is 0. The Balaban J connectivity index is 2.24. The van der Waals surface area contributed by atoms with Gasteiger partial charge in [0.2, 0.25) is 11.9 Å². The number of hydrogen-bond donors (Lipinski definition) is 2. The SMILES string of the molecule is Cc1ccc(C(=O)N=C2NC(=O)CN2C)cc1O. The van der Waals surface area contributed by atoms with E-state index in [0.717, 1.165) is 0 Å². The van der Waals surface area contributed by atoms with Gasteiger partial charge >= 0.3 is 0 Å². The number of hydrogen-bond acceptors (Lipinski definition) is 3. The van der Waals surface area contributed by atoms with E-state index in [9.17, 15) is 14.7 Å². The Bertz CT molecular complexity index is 551. The maximum Gasteiger partial charge on any atom is 0.280 e. The minimum atomic E-state index is -0.505. The summed E-state index contributed by atoms with van der Waals surface area (Å²) in [5, 5.41) is 12.0. The fraction of sp³-hybridized carbons (Fsp3) is 0.250. The van der Waals surface area contributed by atoms with Crippen LogP contribution in [0.1, 0.15) is 15.9 Å². The Morgan fingerprint density at radius 1 is 1.50 bits per heavy atom. The van der Waals surface area contributed by atoms with E-state index >= 15 is 0 Å². The van der Waals surface area contributed by atoms with Crippen molar-refractivity contribution in [3.05, 3.63) is 29.3 Å². The first-order valence-corrected chi connectivity index (χ1v) is 5.41. The summed E-state index contributed by atoms with van der Waals surface area (Å²) in [5.41, 5.74) is 0.964. The number of nitrogens with zero attached hydrogens (tertiary/aromatic N) is 2. The number of nitrogens with one attached hydrogen (secondary N) is 1. The number of carbonyl (C=O) groups excluding carboxylic acids is 2. The van der Waals surface area contributed by atoms with Crippen molar-refractivity contribution in [3.63, 3.8) is 0 Å². The number of guanidine groups is 1. The molecule has 0 spiro atoms. The number of phenolic OH excluding ortho intramolecular Hbond substituents is 1. The lowest BCUT2D eigenvalue weighted by molar-refractivity contribution is -0.118. The minimum absolute atomic E-state index is 0.0462. The van der Waals surface area contributed by atoms with Crippen LogP contribution in [0.4, 0.5) is 0 Å². The van der Waals surface area contributed by atoms with Crippen LogP contribution in [-0.4, -0.2) is 41.4 Å². The summed E-state index contributed by atoms with van der Waals surface area (Å²) in [6, 6.07) is 4.58. The van der Waals surface area contributed by atoms with E-state index in [4.69, 9.17) is 0 Å². The van der Waals surface area contributed by atoms with E-state index in [1.165, 1.54) is 6.07 Å². The molecule has 6 heteroatoms. The molecule has 1 fully saturated rings. The van der Waals surface area contributed by atoms with Gasteiger partial charge < -0.3 is 10.0 Å². The second-order valence-electron chi connectivity index (χ2n) is 4.15. The van der Waals surface area contributed by atoms with Gasteiger partial charge in [0, 0.05) is 12.6 Å². The van der Waals surface area contributed by atoms with Crippen LogP contribution in [0, 0.1) is 6.92 Å². The molecule has 1 aliphatic heterocycles. The quantitative estimate of drug-likeness (QED) is 0.745. The number of aryl methyl sites for hydroxylation is 1. The molecule has 0 bridgehead atoms. The van der Waals surface area contributed by atoms with E-state index in [2.05, 4.69) is 10.3 Å². The fourth-order valence-electron chi connectivity index (χ4n) is 1.57. The molecule has 2 rings (SSSR count). The van der Waals surface area contributed by atoms with Crippen molar-refractivity contribution >= 4 is 17.8 Å². The highest BCUT2D eigenvalue weighted by Crippen LogP contribution is 2.18. The van der Waals surface area contributed by atoms with Crippen molar-refractivity contribution < 1.29 is 14.7 Å². The van der Waals surface area contributed by atoms with Gasteiger partial charge in [-0.05, 0) is 24.6 Å². The first-order valence-electron chi connectivity index (χ1n) is 5.41. The maximum absolute atomic E-state index is 11.8. The Morgan fingerprint density at radius 3 is 2.78 bits per heavy atom. The molecular weight excluding hydrogens is 234 g/mol. The molecule has 18 heavy (non-hydrogen) atoms. The number of benzene rings is 1. The van der Waals surface area contributed by atoms with Gasteiger partial charge in [-0.25, -0.2) is 0 Å². The van der Waals surface area contributed by atoms with E-state index in [0.29, 0.717) is 5.56 Å². The largest absolute Gasteiger partial charge is 0.508 e. The molecule has 1 aromatic rings. The summed E-state index contributed by atoms with van der Waals surface area (Å²) < 4.78 is 0. The van der Waals surface area contributed by atoms with Gasteiger partial charge in [-0.3, -0.25) is 14.9 Å². The predicted octanol–water partition coefficient (Wildman–Crippen LogP) is 0.258. The molecule has 0 atom stereocenters. The number of carbonyl (C=O) groups is 2. The third-order valence-corrected chi connectivity index (χ3v) is 2.66. The van der Waals surface area contributed by atoms with Crippen molar-refractivity contribution in [2.45, 2.75) is 6.92 Å². The molecule has 0 radical (unpaired) electrons. The van der Waals surface area contributed by atoms with Crippen molar-refractivity contribution in [1.29, 1.82) is 0 Å². The Morgan fingerprint density at radius 2 is 2.22 bits per heavy atom. The van der Waals surface area contributed by atoms with Gasteiger partial charge in [-0.2, -0.15) is 4.99 Å². The van der Waals surface area contributed by atoms with Crippen LogP contribution in [-0.2, 0) is 4.79 Å². The average Bonchev–Trinajstić information content (AvgIpc) is 2.61. The minimum Gasteiger partial charge on any atom is -0.508 e.